The molecule has 5 aliphatic heterocycles. The molecule has 7 aromatic rings. The van der Waals surface area contributed by atoms with Gasteiger partial charge in [-0.25, -0.2) is 32.1 Å². The highest BCUT2D eigenvalue weighted by molar-refractivity contribution is 7.23. The van der Waals surface area contributed by atoms with Crippen molar-refractivity contribution in [2.45, 2.75) is 89.1 Å². The van der Waals surface area contributed by atoms with Gasteiger partial charge in [0.25, 0.3) is 11.5 Å². The lowest BCUT2D eigenvalue weighted by Crippen LogP contribution is -2.54. The second kappa shape index (κ2) is 19.4. The van der Waals surface area contributed by atoms with Gasteiger partial charge in [-0.15, -0.1) is 11.3 Å². The van der Waals surface area contributed by atoms with Crippen LogP contribution in [0, 0.1) is 28.8 Å². The summed E-state index contributed by atoms with van der Waals surface area (Å²) in [4.78, 5) is 73.1. The number of nitriles is 1. The molecular weight excluding hydrogens is 1080 g/mol. The predicted molar refractivity (Wildman–Crippen MR) is 290 cm³/mol. The highest BCUT2D eigenvalue weighted by Gasteiger charge is 2.50. The number of halogens is 5. The number of fused-ring (bicyclic) bond motifs is 8. The smallest absolute Gasteiger partial charge is 0.412 e. The largest absolute Gasteiger partial charge is 0.461 e. The molecule has 0 spiro atoms. The first-order valence-corrected chi connectivity index (χ1v) is 27.1. The van der Waals surface area contributed by atoms with Crippen molar-refractivity contribution in [3.05, 3.63) is 110 Å². The van der Waals surface area contributed by atoms with Gasteiger partial charge in [-0.2, -0.15) is 15.2 Å². The molecule has 12 rings (SSSR count). The van der Waals surface area contributed by atoms with Gasteiger partial charge in [-0.1, -0.05) is 31.2 Å². The number of carbonyl (C=O) groups is 3. The van der Waals surface area contributed by atoms with Crippen molar-refractivity contribution in [2.75, 3.05) is 55.3 Å². The number of amides is 2. The van der Waals surface area contributed by atoms with Crippen LogP contribution in [0.25, 0.3) is 54.4 Å². The quantitative estimate of drug-likeness (QED) is 0.0661. The third kappa shape index (κ3) is 8.36. The Morgan fingerprint density at radius 2 is 1.90 bits per heavy atom. The summed E-state index contributed by atoms with van der Waals surface area (Å²) in [5.74, 6) is -3.59. The first-order chi connectivity index (χ1) is 38.2. The molecule has 80 heavy (non-hydrogen) atoms. The number of pyridine rings is 2. The second-order valence-electron chi connectivity index (χ2n) is 21.0. The lowest BCUT2D eigenvalue weighted by molar-refractivity contribution is -0.172. The molecule has 5 atom stereocenters. The molecule has 4 aromatic heterocycles. The predicted octanol–water partition coefficient (Wildman–Crippen LogP) is 8.61. The number of carbonyl (C=O) groups excluding carboxylic acids is 3. The Hall–Kier alpha value is -7.91. The molecule has 5 aliphatic rings. The highest BCUT2D eigenvalue weighted by atomic mass is 35.5. The zero-order valence-corrected chi connectivity index (χ0v) is 44.8. The van der Waals surface area contributed by atoms with Crippen molar-refractivity contribution < 1.29 is 51.3 Å². The minimum atomic E-state index is -2.02. The molecule has 18 nitrogen and oxygen atoms in total. The zero-order chi connectivity index (χ0) is 56.4. The Labute approximate surface area is 461 Å². The van der Waals surface area contributed by atoms with Gasteiger partial charge < -0.3 is 39.4 Å². The summed E-state index contributed by atoms with van der Waals surface area (Å²) >= 11 is 7.82. The number of ether oxygens (including phenoxy) is 3. The summed E-state index contributed by atoms with van der Waals surface area (Å²) in [5, 5.41) is 24.3. The maximum Gasteiger partial charge on any atom is 0.412 e. The molecule has 0 radical (unpaired) electrons. The molecule has 0 bridgehead atoms. The van der Waals surface area contributed by atoms with E-state index < -0.39 is 70.4 Å². The first-order valence-electron chi connectivity index (χ1n) is 25.9. The number of esters is 1. The Morgan fingerprint density at radius 1 is 1.10 bits per heavy atom. The lowest BCUT2D eigenvalue weighted by atomic mass is 9.86. The fraction of sp³-hybridized carbons (Fsp3) is 0.357. The normalized spacial score (nSPS) is 21.7. The van der Waals surface area contributed by atoms with E-state index in [4.69, 9.17) is 36.5 Å². The fourth-order valence-electron chi connectivity index (χ4n) is 12.2. The number of aliphatic hydroxyl groups is 1. The van der Waals surface area contributed by atoms with Gasteiger partial charge in [0.15, 0.2) is 11.4 Å². The lowest BCUT2D eigenvalue weighted by Gasteiger charge is -2.41. The number of benzene rings is 3. The molecular formula is C56H49ClF4N10O8S. The standard InChI is InChI=1S/C56H49ClF4N10O8S/c1-5-56(76)35-16-41-45-29(21-71(41)51(73)34(35)23-77-52(56)74)13-28-14-40(38(60)17-39(28)64-45)65-54(75)79-27(4)26(3)50(72)68-11-12-70(25(2)20-68)49-32-15-36(57)43(31-7-8-37(59)47-42(31)33(19-62)48(63)80-47)44(61)46(32)66-53(67-49)78-24-55-9-6-10-69(55)22-30(58)18-55/h7-8,13-17,25,27,30,76H,3,5-6,9-12,18,20-24,63H2,1-2,4H3,(H,65,75). The Kier molecular flexibility index (Phi) is 12.8. The average molecular weight is 1130 g/mol. The van der Waals surface area contributed by atoms with Crippen molar-refractivity contribution in [1.82, 2.24) is 29.3 Å². The second-order valence-corrected chi connectivity index (χ2v) is 22.5. The van der Waals surface area contributed by atoms with Crippen LogP contribution in [0.1, 0.15) is 68.7 Å². The molecule has 9 heterocycles. The number of hydrogen-bond donors (Lipinski definition) is 3. The van der Waals surface area contributed by atoms with Crippen molar-refractivity contribution in [3.63, 3.8) is 0 Å². The average Bonchev–Trinajstić information content (AvgIpc) is 4.31. The van der Waals surface area contributed by atoms with Gasteiger partial charge in [0.1, 0.15) is 59.5 Å². The number of alkyl halides is 1. The number of nitrogens with zero attached hydrogens (tertiary/aromatic N) is 8. The number of piperazine rings is 1. The van der Waals surface area contributed by atoms with E-state index in [1.54, 1.807) is 19.1 Å². The molecule has 3 saturated heterocycles. The van der Waals surface area contributed by atoms with Gasteiger partial charge in [-0.05, 0) is 75.5 Å². The van der Waals surface area contributed by atoms with E-state index in [0.717, 1.165) is 29.9 Å². The van der Waals surface area contributed by atoms with Gasteiger partial charge in [-0.3, -0.25) is 19.8 Å². The maximum absolute atomic E-state index is 17.5. The molecule has 2 amide bonds. The van der Waals surface area contributed by atoms with E-state index in [0.29, 0.717) is 35.3 Å². The van der Waals surface area contributed by atoms with Gasteiger partial charge in [0.2, 0.25) is 0 Å². The third-order valence-electron chi connectivity index (χ3n) is 16.3. The molecule has 4 N–H and O–H groups in total. The number of nitrogens with one attached hydrogen (secondary N) is 1. The number of nitrogen functional groups attached to an aromatic ring is 1. The van der Waals surface area contributed by atoms with Gasteiger partial charge in [0, 0.05) is 77.6 Å². The van der Waals surface area contributed by atoms with E-state index in [9.17, 15) is 33.9 Å². The molecule has 5 unspecified atom stereocenters. The minimum absolute atomic E-state index is 0.0306. The number of nitrogens with two attached hydrogens (primary N) is 1. The highest BCUT2D eigenvalue weighted by Crippen LogP contribution is 2.47. The Bertz CT molecular complexity index is 4010. The summed E-state index contributed by atoms with van der Waals surface area (Å²) < 4.78 is 81.7. The van der Waals surface area contributed by atoms with Crippen molar-refractivity contribution in [2.24, 2.45) is 0 Å². The zero-order valence-electron chi connectivity index (χ0n) is 43.2. The van der Waals surface area contributed by atoms with Crippen LogP contribution >= 0.6 is 22.9 Å². The van der Waals surface area contributed by atoms with Crippen LogP contribution in [-0.4, -0.2) is 116 Å². The van der Waals surface area contributed by atoms with Crippen molar-refractivity contribution in [1.29, 1.82) is 5.26 Å². The van der Waals surface area contributed by atoms with E-state index in [1.165, 1.54) is 34.6 Å². The van der Waals surface area contributed by atoms with Crippen LogP contribution < -0.4 is 26.2 Å². The summed E-state index contributed by atoms with van der Waals surface area (Å²) in [6.45, 7) is 9.94. The van der Waals surface area contributed by atoms with Crippen molar-refractivity contribution in [3.8, 4) is 34.6 Å². The summed E-state index contributed by atoms with van der Waals surface area (Å²) in [5.41, 5.74) is 4.23. The molecule has 412 valence electrons. The molecule has 3 fully saturated rings. The van der Waals surface area contributed by atoms with Crippen LogP contribution in [0.5, 0.6) is 6.01 Å². The van der Waals surface area contributed by atoms with Crippen LogP contribution in [0.2, 0.25) is 5.02 Å². The molecule has 3 aromatic carbocycles. The van der Waals surface area contributed by atoms with Gasteiger partial charge in [0.05, 0.1) is 61.1 Å². The first kappa shape index (κ1) is 52.8. The summed E-state index contributed by atoms with van der Waals surface area (Å²) in [6.07, 6.45) is -1.57. The minimum Gasteiger partial charge on any atom is -0.461 e. The molecule has 24 heteroatoms. The maximum atomic E-state index is 17.5. The SMILES string of the molecule is C=C(C(=O)N1CCN(c2nc(OCC34CCCN3CC(F)C4)nc3c(F)c(-c4ccc(F)c5sc(N)c(C#N)c45)c(Cl)cc23)C(C)C1)C(C)OC(=O)Nc1cc2cc3c(nc2cc1F)-c1cc2c(c(=O)n1C3)COC(=O)C2(O)CC. The number of aromatic nitrogens is 4. The topological polar surface area (TPSA) is 231 Å². The number of thiophene rings is 1. The Morgan fingerprint density at radius 3 is 2.66 bits per heavy atom. The summed E-state index contributed by atoms with van der Waals surface area (Å²) in [7, 11) is 0. The number of anilines is 3. The van der Waals surface area contributed by atoms with Gasteiger partial charge >= 0.3 is 18.1 Å². The van der Waals surface area contributed by atoms with Crippen LogP contribution in [0.3, 0.4) is 0 Å². The van der Waals surface area contributed by atoms with E-state index in [2.05, 4.69) is 26.8 Å². The Balaban J connectivity index is 0.766. The number of hydrogen-bond acceptors (Lipinski definition) is 16. The molecule has 0 aliphatic carbocycles. The number of cyclic esters (lactones) is 1. The van der Waals surface area contributed by atoms with Crippen LogP contribution in [0.15, 0.2) is 59.4 Å². The monoisotopic (exact) mass is 1130 g/mol. The molecule has 0 saturated carbocycles. The number of rotatable bonds is 10. The van der Waals surface area contributed by atoms with Crippen molar-refractivity contribution >= 4 is 89.3 Å². The van der Waals surface area contributed by atoms with Crippen LogP contribution in [0.4, 0.5) is 38.9 Å². The van der Waals surface area contributed by atoms with E-state index in [1.807, 2.05) is 17.9 Å². The fourth-order valence-corrected chi connectivity index (χ4v) is 13.4. The van der Waals surface area contributed by atoms with E-state index in [-0.39, 0.29) is 146 Å². The van der Waals surface area contributed by atoms with E-state index >= 15 is 13.2 Å². The van der Waals surface area contributed by atoms with Crippen LogP contribution in [-0.2, 0) is 37.8 Å². The summed E-state index contributed by atoms with van der Waals surface area (Å²) in [6, 6.07) is 11.0. The third-order valence-corrected chi connectivity index (χ3v) is 17.7.